The van der Waals surface area contributed by atoms with Crippen molar-refractivity contribution >= 4 is 0 Å². The topological polar surface area (TPSA) is 18.5 Å². The number of rotatable bonds is 3. The van der Waals surface area contributed by atoms with E-state index in [1.54, 1.807) is 14.2 Å². The Hall–Kier alpha value is -0.660. The second kappa shape index (κ2) is 4.50. The molecule has 47 valence electrons. The summed E-state index contributed by atoms with van der Waals surface area (Å²) in [5, 5.41) is 0. The maximum atomic E-state index is 4.82. The molecule has 0 atom stereocenters. The molecule has 2 heteroatoms. The van der Waals surface area contributed by atoms with Gasteiger partial charge < -0.3 is 9.47 Å². The molecule has 0 unspecified atom stereocenters. The Labute approximate surface area is 50.1 Å². The van der Waals surface area contributed by atoms with Crippen molar-refractivity contribution < 1.29 is 9.47 Å². The number of hydrogen-bond acceptors (Lipinski definition) is 2. The van der Waals surface area contributed by atoms with E-state index < -0.39 is 0 Å². The second-order valence-electron chi connectivity index (χ2n) is 1.29. The Bertz CT molecular complexity index is 70.6. The van der Waals surface area contributed by atoms with Crippen molar-refractivity contribution in [3.63, 3.8) is 0 Å². The van der Waals surface area contributed by atoms with Gasteiger partial charge in [0.05, 0.1) is 14.2 Å². The van der Waals surface area contributed by atoms with Crippen molar-refractivity contribution in [2.24, 2.45) is 0 Å². The number of ether oxygens (including phenoxy) is 2. The molecule has 0 aliphatic rings. The summed E-state index contributed by atoms with van der Waals surface area (Å²) in [5.74, 6) is 0.743. The molecule has 0 saturated carbocycles. The van der Waals surface area contributed by atoms with Crippen LogP contribution in [0.3, 0.4) is 0 Å². The van der Waals surface area contributed by atoms with Crippen LogP contribution < -0.4 is 0 Å². The van der Waals surface area contributed by atoms with Gasteiger partial charge in [-0.05, 0) is 0 Å². The highest BCUT2D eigenvalue weighted by molar-refractivity contribution is 4.78. The van der Waals surface area contributed by atoms with Crippen molar-refractivity contribution in [3.05, 3.63) is 12.0 Å². The molecule has 8 heavy (non-hydrogen) atoms. The summed E-state index contributed by atoms with van der Waals surface area (Å²) in [6, 6.07) is 0. The quantitative estimate of drug-likeness (QED) is 0.517. The van der Waals surface area contributed by atoms with Gasteiger partial charge in [-0.3, -0.25) is 0 Å². The van der Waals surface area contributed by atoms with Crippen LogP contribution in [0.15, 0.2) is 5.76 Å². The number of allylic oxidation sites excluding steroid dienone is 1. The molecule has 0 amide bonds. The van der Waals surface area contributed by atoms with E-state index in [4.69, 9.17) is 4.74 Å². The van der Waals surface area contributed by atoms with Crippen LogP contribution in [-0.2, 0) is 9.47 Å². The first kappa shape index (κ1) is 7.34. The molecule has 0 aromatic heterocycles. The molecule has 1 radical (unpaired) electrons. The first-order chi connectivity index (χ1) is 3.85. The second-order valence-corrected chi connectivity index (χ2v) is 1.29. The lowest BCUT2D eigenvalue weighted by Crippen LogP contribution is -1.84. The molecule has 0 saturated heterocycles. The Morgan fingerprint density at radius 1 is 1.50 bits per heavy atom. The van der Waals surface area contributed by atoms with Gasteiger partial charge >= 0.3 is 0 Å². The zero-order valence-corrected chi connectivity index (χ0v) is 5.52. The molecule has 0 N–H and O–H groups in total. The van der Waals surface area contributed by atoms with Crippen LogP contribution in [0.2, 0.25) is 0 Å². The molecular formula is C6H11O2. The van der Waals surface area contributed by atoms with E-state index in [0.717, 1.165) is 12.2 Å². The molecule has 0 fully saturated rings. The summed E-state index contributed by atoms with van der Waals surface area (Å²) >= 11 is 0. The highest BCUT2D eigenvalue weighted by Crippen LogP contribution is 1.97. The van der Waals surface area contributed by atoms with Gasteiger partial charge in [0, 0.05) is 6.42 Å². The van der Waals surface area contributed by atoms with Crippen LogP contribution in [0.5, 0.6) is 0 Å². The smallest absolute Gasteiger partial charge is 0.202 e. The summed E-state index contributed by atoms with van der Waals surface area (Å²) in [4.78, 5) is 0. The summed E-state index contributed by atoms with van der Waals surface area (Å²) in [5.41, 5.74) is 0. The van der Waals surface area contributed by atoms with Gasteiger partial charge in [-0.25, -0.2) is 0 Å². The van der Waals surface area contributed by atoms with E-state index in [1.807, 2.05) is 6.92 Å². The van der Waals surface area contributed by atoms with Gasteiger partial charge in [0.2, 0.25) is 6.26 Å². The monoisotopic (exact) mass is 115 g/mol. The third-order valence-corrected chi connectivity index (χ3v) is 0.783. The van der Waals surface area contributed by atoms with E-state index >= 15 is 0 Å². The minimum Gasteiger partial charge on any atom is -0.497 e. The fourth-order valence-corrected chi connectivity index (χ4v) is 0.372. The van der Waals surface area contributed by atoms with Crippen LogP contribution in [0.4, 0.5) is 0 Å². The Morgan fingerprint density at radius 2 is 2.12 bits per heavy atom. The summed E-state index contributed by atoms with van der Waals surface area (Å²) < 4.78 is 9.39. The lowest BCUT2D eigenvalue weighted by atomic mass is 10.4. The lowest BCUT2D eigenvalue weighted by molar-refractivity contribution is 0.227. The molecule has 0 aromatic carbocycles. The van der Waals surface area contributed by atoms with E-state index in [1.165, 1.54) is 0 Å². The Kier molecular flexibility index (Phi) is 4.13. The summed E-state index contributed by atoms with van der Waals surface area (Å²) in [6.45, 7) is 1.98. The van der Waals surface area contributed by atoms with Crippen LogP contribution in [0, 0.1) is 6.26 Å². The van der Waals surface area contributed by atoms with Gasteiger partial charge in [0.1, 0.15) is 5.76 Å². The molecule has 0 bridgehead atoms. The van der Waals surface area contributed by atoms with E-state index in [2.05, 4.69) is 11.0 Å². The molecular weight excluding hydrogens is 104 g/mol. The first-order valence-corrected chi connectivity index (χ1v) is 2.54. The van der Waals surface area contributed by atoms with Crippen molar-refractivity contribution in [1.82, 2.24) is 0 Å². The molecule has 0 aromatic rings. The van der Waals surface area contributed by atoms with E-state index in [9.17, 15) is 0 Å². The maximum Gasteiger partial charge on any atom is 0.202 e. The maximum absolute atomic E-state index is 4.82. The van der Waals surface area contributed by atoms with Crippen LogP contribution in [0.25, 0.3) is 0 Å². The standard InChI is InChI=1S/C6H11O2/c1-4-6(8-3)5-7-2/h4H2,1-3H3. The zero-order valence-electron chi connectivity index (χ0n) is 5.52. The highest BCUT2D eigenvalue weighted by atomic mass is 16.5. The average Bonchev–Trinajstić information content (AvgIpc) is 1.83. The average molecular weight is 115 g/mol. The predicted octanol–water partition coefficient (Wildman–Crippen LogP) is 1.33. The fourth-order valence-electron chi connectivity index (χ4n) is 0.372. The van der Waals surface area contributed by atoms with Gasteiger partial charge in [-0.2, -0.15) is 0 Å². The molecule has 0 spiro atoms. The van der Waals surface area contributed by atoms with Crippen molar-refractivity contribution in [2.75, 3.05) is 14.2 Å². The van der Waals surface area contributed by atoms with Crippen LogP contribution >= 0.6 is 0 Å². The third kappa shape index (κ3) is 2.50. The highest BCUT2D eigenvalue weighted by Gasteiger charge is 1.88. The van der Waals surface area contributed by atoms with Gasteiger partial charge in [0.25, 0.3) is 0 Å². The normalized spacial score (nSPS) is 11.1. The summed E-state index contributed by atoms with van der Waals surface area (Å²) in [6.07, 6.45) is 3.40. The first-order valence-electron chi connectivity index (χ1n) is 2.54. The van der Waals surface area contributed by atoms with Crippen molar-refractivity contribution in [1.29, 1.82) is 0 Å². The molecule has 0 aliphatic heterocycles. The molecule has 2 nitrogen and oxygen atoms in total. The lowest BCUT2D eigenvalue weighted by Gasteiger charge is -1.98. The number of hydrogen-bond donors (Lipinski definition) is 0. The Balaban J connectivity index is 3.49. The fraction of sp³-hybridized carbons (Fsp3) is 0.667. The number of methoxy groups -OCH3 is 2. The molecule has 0 heterocycles. The van der Waals surface area contributed by atoms with Gasteiger partial charge in [-0.15, -0.1) is 0 Å². The van der Waals surface area contributed by atoms with E-state index in [-0.39, 0.29) is 0 Å². The largest absolute Gasteiger partial charge is 0.497 e. The van der Waals surface area contributed by atoms with Gasteiger partial charge in [0.15, 0.2) is 0 Å². The minimum absolute atomic E-state index is 0.743. The predicted molar refractivity (Wildman–Crippen MR) is 31.1 cm³/mol. The van der Waals surface area contributed by atoms with Crippen LogP contribution in [-0.4, -0.2) is 14.2 Å². The Morgan fingerprint density at radius 3 is 2.25 bits per heavy atom. The van der Waals surface area contributed by atoms with Crippen molar-refractivity contribution in [3.8, 4) is 0 Å². The van der Waals surface area contributed by atoms with E-state index in [0.29, 0.717) is 0 Å². The SMILES string of the molecule is CC/C(=[C]\OC)OC. The zero-order chi connectivity index (χ0) is 6.41. The van der Waals surface area contributed by atoms with Gasteiger partial charge in [-0.1, -0.05) is 6.92 Å². The molecule has 0 aliphatic carbocycles. The van der Waals surface area contributed by atoms with Crippen molar-refractivity contribution in [2.45, 2.75) is 13.3 Å². The third-order valence-electron chi connectivity index (χ3n) is 0.783. The van der Waals surface area contributed by atoms with Crippen LogP contribution in [0.1, 0.15) is 13.3 Å². The summed E-state index contributed by atoms with van der Waals surface area (Å²) in [7, 11) is 3.15. The minimum atomic E-state index is 0.743. The molecule has 0 rings (SSSR count).